The molecule has 68 valence electrons. The van der Waals surface area contributed by atoms with Gasteiger partial charge in [-0.3, -0.25) is 5.41 Å². The summed E-state index contributed by atoms with van der Waals surface area (Å²) in [5.74, 6) is 0.123. The lowest BCUT2D eigenvalue weighted by Crippen LogP contribution is -2.10. The molecule has 0 spiro atoms. The van der Waals surface area contributed by atoms with Crippen LogP contribution in [0.4, 0.5) is 5.69 Å². The van der Waals surface area contributed by atoms with Crippen molar-refractivity contribution < 1.29 is 0 Å². The quantitative estimate of drug-likeness (QED) is 0.482. The second-order valence-corrected chi connectivity index (χ2v) is 3.41. The van der Waals surface area contributed by atoms with Crippen molar-refractivity contribution in [2.24, 2.45) is 5.73 Å². The minimum atomic E-state index is 0.123. The standard InChI is InChI=1S/C10H13N3/c11-10(12)7-1-3-8(4-2-7)13-9-5-6-9/h1-4,9,13H,5-6H2,(H3,11,12). The van der Waals surface area contributed by atoms with Crippen LogP contribution in [0.3, 0.4) is 0 Å². The molecule has 0 radical (unpaired) electrons. The van der Waals surface area contributed by atoms with Crippen LogP contribution in [0.2, 0.25) is 0 Å². The normalized spacial score (nSPS) is 15.4. The Morgan fingerprint density at radius 2 is 1.92 bits per heavy atom. The van der Waals surface area contributed by atoms with Crippen LogP contribution in [-0.4, -0.2) is 11.9 Å². The van der Waals surface area contributed by atoms with Crippen molar-refractivity contribution in [3.8, 4) is 0 Å². The summed E-state index contributed by atoms with van der Waals surface area (Å²) < 4.78 is 0. The van der Waals surface area contributed by atoms with Crippen LogP contribution < -0.4 is 11.1 Å². The maximum Gasteiger partial charge on any atom is 0.122 e. The molecule has 1 aliphatic carbocycles. The van der Waals surface area contributed by atoms with Crippen LogP contribution in [0.5, 0.6) is 0 Å². The van der Waals surface area contributed by atoms with E-state index >= 15 is 0 Å². The smallest absolute Gasteiger partial charge is 0.122 e. The molecule has 0 atom stereocenters. The fraction of sp³-hybridized carbons (Fsp3) is 0.300. The van der Waals surface area contributed by atoms with Crippen molar-refractivity contribution in [1.82, 2.24) is 0 Å². The summed E-state index contributed by atoms with van der Waals surface area (Å²) in [6.07, 6.45) is 2.54. The minimum Gasteiger partial charge on any atom is -0.384 e. The molecule has 3 heteroatoms. The molecule has 1 saturated carbocycles. The van der Waals surface area contributed by atoms with Gasteiger partial charge in [-0.1, -0.05) is 0 Å². The van der Waals surface area contributed by atoms with Gasteiger partial charge in [-0.2, -0.15) is 0 Å². The topological polar surface area (TPSA) is 61.9 Å². The summed E-state index contributed by atoms with van der Waals surface area (Å²) in [6, 6.07) is 8.34. The highest BCUT2D eigenvalue weighted by Gasteiger charge is 2.20. The molecule has 0 aromatic heterocycles. The number of rotatable bonds is 3. The highest BCUT2D eigenvalue weighted by atomic mass is 14.9. The average Bonchev–Trinajstić information content (AvgIpc) is 2.89. The van der Waals surface area contributed by atoms with Crippen molar-refractivity contribution in [3.05, 3.63) is 29.8 Å². The summed E-state index contributed by atoms with van der Waals surface area (Å²) >= 11 is 0. The molecule has 3 nitrogen and oxygen atoms in total. The highest BCUT2D eigenvalue weighted by Crippen LogP contribution is 2.24. The van der Waals surface area contributed by atoms with Crippen molar-refractivity contribution in [1.29, 1.82) is 5.41 Å². The van der Waals surface area contributed by atoms with E-state index in [9.17, 15) is 0 Å². The van der Waals surface area contributed by atoms with Gasteiger partial charge in [0.1, 0.15) is 5.84 Å². The predicted molar refractivity (Wildman–Crippen MR) is 54.1 cm³/mol. The Balaban J connectivity index is 2.08. The first-order chi connectivity index (χ1) is 6.25. The van der Waals surface area contributed by atoms with Crippen LogP contribution in [0.1, 0.15) is 18.4 Å². The van der Waals surface area contributed by atoms with Gasteiger partial charge in [0.25, 0.3) is 0 Å². The third-order valence-electron chi connectivity index (χ3n) is 2.14. The Bertz CT molecular complexity index is 311. The lowest BCUT2D eigenvalue weighted by atomic mass is 10.2. The van der Waals surface area contributed by atoms with Crippen molar-refractivity contribution in [3.63, 3.8) is 0 Å². The van der Waals surface area contributed by atoms with E-state index in [2.05, 4.69) is 5.32 Å². The monoisotopic (exact) mass is 175 g/mol. The van der Waals surface area contributed by atoms with Crippen molar-refractivity contribution in [2.45, 2.75) is 18.9 Å². The SMILES string of the molecule is N=C(N)c1ccc(NC2CC2)cc1. The van der Waals surface area contributed by atoms with E-state index in [4.69, 9.17) is 11.1 Å². The fourth-order valence-electron chi connectivity index (χ4n) is 1.21. The van der Waals surface area contributed by atoms with E-state index in [0.717, 1.165) is 11.3 Å². The van der Waals surface area contributed by atoms with E-state index in [1.54, 1.807) is 0 Å². The molecule has 1 aromatic rings. The molecule has 0 unspecified atom stereocenters. The first kappa shape index (κ1) is 8.10. The van der Waals surface area contributed by atoms with E-state index in [1.807, 2.05) is 24.3 Å². The van der Waals surface area contributed by atoms with E-state index in [0.29, 0.717) is 6.04 Å². The minimum absolute atomic E-state index is 0.123. The lowest BCUT2D eigenvalue weighted by Gasteiger charge is -2.04. The number of benzene rings is 1. The summed E-state index contributed by atoms with van der Waals surface area (Å²) in [6.45, 7) is 0. The molecular formula is C10H13N3. The number of nitrogen functional groups attached to an aromatic ring is 1. The molecule has 1 aromatic carbocycles. The number of nitrogens with two attached hydrogens (primary N) is 1. The van der Waals surface area contributed by atoms with Gasteiger partial charge in [0.05, 0.1) is 0 Å². The summed E-state index contributed by atoms with van der Waals surface area (Å²) in [5, 5.41) is 10.6. The van der Waals surface area contributed by atoms with Gasteiger partial charge in [0, 0.05) is 17.3 Å². The summed E-state index contributed by atoms with van der Waals surface area (Å²) in [5.41, 5.74) is 7.24. The average molecular weight is 175 g/mol. The summed E-state index contributed by atoms with van der Waals surface area (Å²) in [4.78, 5) is 0. The van der Waals surface area contributed by atoms with Crippen LogP contribution in [0.25, 0.3) is 0 Å². The van der Waals surface area contributed by atoms with Gasteiger partial charge >= 0.3 is 0 Å². The Hall–Kier alpha value is -1.51. The lowest BCUT2D eigenvalue weighted by molar-refractivity contribution is 1.16. The Kier molecular flexibility index (Phi) is 1.93. The highest BCUT2D eigenvalue weighted by molar-refractivity contribution is 5.95. The Labute approximate surface area is 77.5 Å². The zero-order valence-electron chi connectivity index (χ0n) is 7.38. The first-order valence-electron chi connectivity index (χ1n) is 4.47. The third kappa shape index (κ3) is 1.99. The van der Waals surface area contributed by atoms with Crippen LogP contribution >= 0.6 is 0 Å². The second kappa shape index (κ2) is 3.09. The Morgan fingerprint density at radius 1 is 1.31 bits per heavy atom. The van der Waals surface area contributed by atoms with Crippen LogP contribution in [0.15, 0.2) is 24.3 Å². The third-order valence-corrected chi connectivity index (χ3v) is 2.14. The Morgan fingerprint density at radius 3 is 2.38 bits per heavy atom. The molecule has 0 saturated heterocycles. The zero-order valence-corrected chi connectivity index (χ0v) is 7.38. The molecular weight excluding hydrogens is 162 g/mol. The number of hydrogen-bond acceptors (Lipinski definition) is 2. The van der Waals surface area contributed by atoms with Crippen molar-refractivity contribution in [2.75, 3.05) is 5.32 Å². The zero-order chi connectivity index (χ0) is 9.26. The van der Waals surface area contributed by atoms with E-state index < -0.39 is 0 Å². The largest absolute Gasteiger partial charge is 0.384 e. The van der Waals surface area contributed by atoms with E-state index in [1.165, 1.54) is 12.8 Å². The maximum atomic E-state index is 7.22. The fourth-order valence-corrected chi connectivity index (χ4v) is 1.21. The number of amidine groups is 1. The van der Waals surface area contributed by atoms with Gasteiger partial charge in [-0.25, -0.2) is 0 Å². The molecule has 4 N–H and O–H groups in total. The molecule has 0 aliphatic heterocycles. The van der Waals surface area contributed by atoms with Crippen molar-refractivity contribution >= 4 is 11.5 Å². The van der Waals surface area contributed by atoms with Gasteiger partial charge in [-0.05, 0) is 37.1 Å². The number of hydrogen-bond donors (Lipinski definition) is 3. The van der Waals surface area contributed by atoms with Gasteiger partial charge < -0.3 is 11.1 Å². The van der Waals surface area contributed by atoms with Gasteiger partial charge in [-0.15, -0.1) is 0 Å². The van der Waals surface area contributed by atoms with E-state index in [-0.39, 0.29) is 5.84 Å². The molecule has 1 fully saturated rings. The predicted octanol–water partition coefficient (Wildman–Crippen LogP) is 1.54. The molecule has 2 rings (SSSR count). The molecule has 1 aliphatic rings. The first-order valence-corrected chi connectivity index (χ1v) is 4.47. The second-order valence-electron chi connectivity index (χ2n) is 3.41. The molecule has 0 bridgehead atoms. The maximum absolute atomic E-state index is 7.22. The van der Waals surface area contributed by atoms with Gasteiger partial charge in [0.15, 0.2) is 0 Å². The van der Waals surface area contributed by atoms with Crippen LogP contribution in [-0.2, 0) is 0 Å². The summed E-state index contributed by atoms with van der Waals surface area (Å²) in [7, 11) is 0. The van der Waals surface area contributed by atoms with Gasteiger partial charge in [0.2, 0.25) is 0 Å². The van der Waals surface area contributed by atoms with Crippen LogP contribution in [0, 0.1) is 5.41 Å². The molecule has 13 heavy (non-hydrogen) atoms. The number of anilines is 1. The molecule has 0 amide bonds. The molecule has 0 heterocycles. The number of nitrogens with one attached hydrogen (secondary N) is 2.